The average Bonchev–Trinajstić information content (AvgIpc) is 2.63. The lowest BCUT2D eigenvalue weighted by atomic mass is 9.98. The van der Waals surface area contributed by atoms with Crippen molar-refractivity contribution in [3.8, 4) is 22.3 Å². The Labute approximate surface area is 149 Å². The topological polar surface area (TPSA) is 0 Å². The molecule has 0 unspecified atom stereocenters. The molecule has 0 amide bonds. The fourth-order valence-electron chi connectivity index (χ4n) is 2.94. The zero-order valence-electron chi connectivity index (χ0n) is 14.8. The van der Waals surface area contributed by atoms with E-state index in [9.17, 15) is 4.39 Å². The minimum atomic E-state index is -0.182. The van der Waals surface area contributed by atoms with Gasteiger partial charge in [-0.3, -0.25) is 0 Å². The maximum Gasteiger partial charge on any atom is 0.131 e. The van der Waals surface area contributed by atoms with Gasteiger partial charge in [-0.05, 0) is 55.0 Å². The van der Waals surface area contributed by atoms with E-state index in [1.807, 2.05) is 50.2 Å². The van der Waals surface area contributed by atoms with Crippen LogP contribution >= 0.6 is 0 Å². The summed E-state index contributed by atoms with van der Waals surface area (Å²) in [6.07, 6.45) is 6.33. The Kier molecular flexibility index (Phi) is 5.45. The third-order valence-electron chi connectivity index (χ3n) is 4.45. The molecule has 0 radical (unpaired) electrons. The Hall–Kier alpha value is -2.67. The largest absolute Gasteiger partial charge is 0.206 e. The van der Waals surface area contributed by atoms with Crippen molar-refractivity contribution in [3.63, 3.8) is 0 Å². The van der Waals surface area contributed by atoms with E-state index in [1.165, 1.54) is 11.1 Å². The van der Waals surface area contributed by atoms with Crippen molar-refractivity contribution in [2.24, 2.45) is 0 Å². The highest BCUT2D eigenvalue weighted by molar-refractivity contribution is 5.71. The van der Waals surface area contributed by atoms with Gasteiger partial charge in [-0.25, -0.2) is 4.39 Å². The number of benzene rings is 3. The average molecular weight is 330 g/mol. The third-order valence-corrected chi connectivity index (χ3v) is 4.45. The second-order valence-corrected chi connectivity index (χ2v) is 6.37. The molecule has 3 aromatic carbocycles. The summed E-state index contributed by atoms with van der Waals surface area (Å²) in [6, 6.07) is 21.8. The van der Waals surface area contributed by atoms with Crippen LogP contribution in [0.5, 0.6) is 0 Å². The molecule has 126 valence electrons. The monoisotopic (exact) mass is 330 g/mol. The first-order valence-electron chi connectivity index (χ1n) is 8.74. The molecular formula is C24H23F. The Balaban J connectivity index is 1.81. The van der Waals surface area contributed by atoms with Crippen LogP contribution in [0.2, 0.25) is 0 Å². The predicted octanol–water partition coefficient (Wildman–Crippen LogP) is 6.98. The van der Waals surface area contributed by atoms with Gasteiger partial charge in [0, 0.05) is 5.56 Å². The van der Waals surface area contributed by atoms with Gasteiger partial charge in [0.25, 0.3) is 0 Å². The molecule has 0 nitrogen and oxygen atoms in total. The van der Waals surface area contributed by atoms with E-state index in [0.29, 0.717) is 5.56 Å². The standard InChI is InChI=1S/C24H23F/c1-3-4-5-6-19-9-13-20(14-10-19)22-15-16-23(24(25)17-22)21-11-7-18(2)8-12-21/h3-4,7-17H,5-6H2,1-2H3/b4-3+. The van der Waals surface area contributed by atoms with Crippen LogP contribution in [0.15, 0.2) is 78.9 Å². The van der Waals surface area contributed by atoms with Gasteiger partial charge in [0.05, 0.1) is 0 Å². The second-order valence-electron chi connectivity index (χ2n) is 6.37. The van der Waals surface area contributed by atoms with Crippen LogP contribution in [0.3, 0.4) is 0 Å². The van der Waals surface area contributed by atoms with Crippen LogP contribution in [0.1, 0.15) is 24.5 Å². The Bertz CT molecular complexity index is 856. The molecule has 1 heteroatoms. The van der Waals surface area contributed by atoms with Crippen LogP contribution in [-0.4, -0.2) is 0 Å². The van der Waals surface area contributed by atoms with E-state index in [4.69, 9.17) is 0 Å². The van der Waals surface area contributed by atoms with E-state index < -0.39 is 0 Å². The normalized spacial score (nSPS) is 11.2. The smallest absolute Gasteiger partial charge is 0.131 e. The Morgan fingerprint density at radius 3 is 2.08 bits per heavy atom. The Morgan fingerprint density at radius 1 is 0.800 bits per heavy atom. The summed E-state index contributed by atoms with van der Waals surface area (Å²) in [5.41, 5.74) is 5.99. The highest BCUT2D eigenvalue weighted by Gasteiger charge is 2.07. The lowest BCUT2D eigenvalue weighted by Gasteiger charge is -2.08. The second kappa shape index (κ2) is 7.94. The lowest BCUT2D eigenvalue weighted by molar-refractivity contribution is 0.632. The molecule has 0 aliphatic rings. The van der Waals surface area contributed by atoms with E-state index in [2.05, 4.69) is 36.4 Å². The van der Waals surface area contributed by atoms with E-state index in [1.54, 1.807) is 6.07 Å². The fourth-order valence-corrected chi connectivity index (χ4v) is 2.94. The number of hydrogen-bond donors (Lipinski definition) is 0. The fraction of sp³-hybridized carbons (Fsp3) is 0.167. The van der Waals surface area contributed by atoms with Crippen LogP contribution in [0.25, 0.3) is 22.3 Å². The molecule has 0 N–H and O–H groups in total. The summed E-state index contributed by atoms with van der Waals surface area (Å²) < 4.78 is 14.6. The van der Waals surface area contributed by atoms with Crippen LogP contribution in [0.4, 0.5) is 4.39 Å². The van der Waals surface area contributed by atoms with Gasteiger partial charge in [0.2, 0.25) is 0 Å². The van der Waals surface area contributed by atoms with Gasteiger partial charge >= 0.3 is 0 Å². The van der Waals surface area contributed by atoms with E-state index >= 15 is 0 Å². The molecule has 0 heterocycles. The maximum absolute atomic E-state index is 14.6. The molecule has 3 rings (SSSR count). The minimum Gasteiger partial charge on any atom is -0.206 e. The zero-order chi connectivity index (χ0) is 17.6. The van der Waals surface area contributed by atoms with Gasteiger partial charge < -0.3 is 0 Å². The molecule has 25 heavy (non-hydrogen) atoms. The van der Waals surface area contributed by atoms with Crippen molar-refractivity contribution in [2.75, 3.05) is 0 Å². The molecule has 0 aliphatic carbocycles. The van der Waals surface area contributed by atoms with Gasteiger partial charge in [-0.1, -0.05) is 78.4 Å². The summed E-state index contributed by atoms with van der Waals surface area (Å²) in [5, 5.41) is 0. The first kappa shape index (κ1) is 17.2. The third kappa shape index (κ3) is 4.24. The Morgan fingerprint density at radius 2 is 1.44 bits per heavy atom. The summed E-state index contributed by atoms with van der Waals surface area (Å²) in [4.78, 5) is 0. The quantitative estimate of drug-likeness (QED) is 0.443. The highest BCUT2D eigenvalue weighted by Crippen LogP contribution is 2.28. The molecule has 0 aliphatic heterocycles. The molecular weight excluding hydrogens is 307 g/mol. The van der Waals surface area contributed by atoms with Crippen molar-refractivity contribution in [3.05, 3.63) is 95.8 Å². The zero-order valence-corrected chi connectivity index (χ0v) is 14.8. The highest BCUT2D eigenvalue weighted by atomic mass is 19.1. The van der Waals surface area contributed by atoms with E-state index in [0.717, 1.165) is 29.5 Å². The summed E-state index contributed by atoms with van der Waals surface area (Å²) in [6.45, 7) is 4.07. The van der Waals surface area contributed by atoms with Crippen LogP contribution < -0.4 is 0 Å². The summed E-state index contributed by atoms with van der Waals surface area (Å²) in [5.74, 6) is -0.182. The van der Waals surface area contributed by atoms with Gasteiger partial charge in [-0.2, -0.15) is 0 Å². The maximum atomic E-state index is 14.6. The molecule has 0 saturated heterocycles. The number of aryl methyl sites for hydroxylation is 2. The number of rotatable bonds is 5. The first-order chi connectivity index (χ1) is 12.2. The number of hydrogen-bond acceptors (Lipinski definition) is 0. The molecule has 0 bridgehead atoms. The van der Waals surface area contributed by atoms with Gasteiger partial charge in [0.1, 0.15) is 5.82 Å². The minimum absolute atomic E-state index is 0.182. The number of allylic oxidation sites excluding steroid dienone is 2. The molecule has 0 saturated carbocycles. The molecule has 3 aromatic rings. The van der Waals surface area contributed by atoms with Gasteiger partial charge in [-0.15, -0.1) is 0 Å². The van der Waals surface area contributed by atoms with Gasteiger partial charge in [0.15, 0.2) is 0 Å². The van der Waals surface area contributed by atoms with Crippen molar-refractivity contribution in [1.82, 2.24) is 0 Å². The molecule has 0 aromatic heterocycles. The molecule has 0 atom stereocenters. The van der Waals surface area contributed by atoms with Crippen molar-refractivity contribution in [2.45, 2.75) is 26.7 Å². The first-order valence-corrected chi connectivity index (χ1v) is 8.74. The van der Waals surface area contributed by atoms with E-state index in [-0.39, 0.29) is 5.82 Å². The lowest BCUT2D eigenvalue weighted by Crippen LogP contribution is -1.88. The summed E-state index contributed by atoms with van der Waals surface area (Å²) >= 11 is 0. The molecule has 0 spiro atoms. The van der Waals surface area contributed by atoms with Crippen molar-refractivity contribution >= 4 is 0 Å². The van der Waals surface area contributed by atoms with Crippen LogP contribution in [0, 0.1) is 12.7 Å². The SMILES string of the molecule is C/C=C/CCc1ccc(-c2ccc(-c3ccc(C)cc3)c(F)c2)cc1. The van der Waals surface area contributed by atoms with Crippen molar-refractivity contribution in [1.29, 1.82) is 0 Å². The van der Waals surface area contributed by atoms with Crippen LogP contribution in [-0.2, 0) is 6.42 Å². The summed E-state index contributed by atoms with van der Waals surface area (Å²) in [7, 11) is 0. The number of halogens is 1. The predicted molar refractivity (Wildman–Crippen MR) is 105 cm³/mol. The molecule has 0 fully saturated rings. The van der Waals surface area contributed by atoms with Crippen molar-refractivity contribution < 1.29 is 4.39 Å².